The van der Waals surface area contributed by atoms with Gasteiger partial charge in [0.05, 0.1) is 12.5 Å². The van der Waals surface area contributed by atoms with Gasteiger partial charge in [0.15, 0.2) is 0 Å². The summed E-state index contributed by atoms with van der Waals surface area (Å²) < 4.78 is 0. The third-order valence-corrected chi connectivity index (χ3v) is 7.64. The number of thioether (sulfide) groups is 1. The standard InChI is InChI=1S/C18H23NOS.C14H23NO2S.C3H8.C2H6/c1-5-7-12-21-18(14(3)4)16-10-8-15(9-11-16)17(6-2)19-13-20;1-3-4-11(2)7-13(18)8-14(17)15-6-5-12(9-15)10-16;1-3-2;1-2/h8-11,13,17H,5-6H2,1-4H3,(H,19,20);4,7,12,16,18H,3,5-6,8-10H2,1-2H3;3H2,1-2H3;1-2H3/b;11-4+,13-7-;;. The minimum absolute atomic E-state index is 0.0826. The molecule has 2 atom stereocenters. The summed E-state index contributed by atoms with van der Waals surface area (Å²) in [5.41, 5.74) is 4.71. The van der Waals surface area contributed by atoms with Crippen molar-refractivity contribution in [2.75, 3.05) is 19.7 Å². The summed E-state index contributed by atoms with van der Waals surface area (Å²) in [6.07, 6.45) is 10.1. The highest BCUT2D eigenvalue weighted by Crippen LogP contribution is 2.31. The van der Waals surface area contributed by atoms with Crippen molar-refractivity contribution in [2.24, 2.45) is 5.92 Å². The van der Waals surface area contributed by atoms with Gasteiger partial charge in [-0.2, -0.15) is 0 Å². The predicted octanol–water partition coefficient (Wildman–Crippen LogP) is 9.57. The summed E-state index contributed by atoms with van der Waals surface area (Å²) in [6, 6.07) is 8.45. The maximum Gasteiger partial charge on any atom is 0.227 e. The van der Waals surface area contributed by atoms with E-state index in [1.54, 1.807) is 11.8 Å². The first-order chi connectivity index (χ1) is 21.1. The molecule has 2 amide bonds. The molecule has 5 nitrogen and oxygen atoms in total. The van der Waals surface area contributed by atoms with Crippen LogP contribution in [0.5, 0.6) is 0 Å². The van der Waals surface area contributed by atoms with Crippen LogP contribution in [0.4, 0.5) is 0 Å². The number of likely N-dealkylation sites (tertiary alicyclic amines) is 1. The fourth-order valence-corrected chi connectivity index (χ4v) is 5.29. The number of hydrogen-bond donors (Lipinski definition) is 3. The highest BCUT2D eigenvalue weighted by atomic mass is 32.2. The van der Waals surface area contributed by atoms with Crippen LogP contribution < -0.4 is 5.32 Å². The summed E-state index contributed by atoms with van der Waals surface area (Å²) >= 11 is 5.95. The van der Waals surface area contributed by atoms with Crippen molar-refractivity contribution in [3.05, 3.63) is 63.6 Å². The fourth-order valence-electron chi connectivity index (χ4n) is 4.18. The van der Waals surface area contributed by atoms with E-state index < -0.39 is 0 Å². The largest absolute Gasteiger partial charge is 0.396 e. The second kappa shape index (κ2) is 28.1. The van der Waals surface area contributed by atoms with Gasteiger partial charge in [-0.1, -0.05) is 102 Å². The van der Waals surface area contributed by atoms with Gasteiger partial charge in [-0.05, 0) is 79.2 Å². The zero-order chi connectivity index (χ0) is 33.9. The second-order valence-electron chi connectivity index (χ2n) is 10.5. The molecule has 0 aromatic heterocycles. The molecule has 0 radical (unpaired) electrons. The Labute approximate surface area is 279 Å². The van der Waals surface area contributed by atoms with Crippen LogP contribution in [0, 0.1) is 17.1 Å². The van der Waals surface area contributed by atoms with Crippen LogP contribution in [0.25, 0.3) is 4.91 Å². The Morgan fingerprint density at radius 3 is 2.20 bits per heavy atom. The topological polar surface area (TPSA) is 69.6 Å². The molecule has 248 valence electrons. The summed E-state index contributed by atoms with van der Waals surface area (Å²) in [6.45, 7) is 22.3. The van der Waals surface area contributed by atoms with E-state index in [2.05, 4.69) is 108 Å². The quantitative estimate of drug-likeness (QED) is 0.0971. The highest BCUT2D eigenvalue weighted by Gasteiger charge is 2.25. The number of hydrogen-bond acceptors (Lipinski definition) is 5. The van der Waals surface area contributed by atoms with Crippen LogP contribution in [-0.2, 0) is 9.59 Å². The van der Waals surface area contributed by atoms with E-state index in [4.69, 9.17) is 5.11 Å². The monoisotopic (exact) mass is 644 g/mol. The number of aliphatic hydroxyl groups is 1. The minimum atomic E-state index is 0.0826. The number of carbonyl (C=O) groups is 2. The van der Waals surface area contributed by atoms with Gasteiger partial charge in [-0.15, -0.1) is 12.6 Å². The van der Waals surface area contributed by atoms with E-state index in [1.807, 2.05) is 31.7 Å². The molecule has 2 rings (SSSR count). The Bertz CT molecular complexity index is 1080. The number of nitrogens with one attached hydrogen (secondary N) is 1. The lowest BCUT2D eigenvalue weighted by Gasteiger charge is -2.16. The molecule has 7 heteroatoms. The fraction of sp³-hybridized carbons (Fsp3) is 0.568. The molecule has 2 N–H and O–H groups in total. The number of amides is 2. The molecule has 0 saturated carbocycles. The van der Waals surface area contributed by atoms with Gasteiger partial charge >= 0.3 is 0 Å². The molecule has 2 unspecified atom stereocenters. The summed E-state index contributed by atoms with van der Waals surface area (Å²) in [5, 5.41) is 15.0. The van der Waals surface area contributed by atoms with Gasteiger partial charge in [0.1, 0.15) is 0 Å². The first-order valence-corrected chi connectivity index (χ1v) is 17.4. The smallest absolute Gasteiger partial charge is 0.227 e. The Kier molecular flexibility index (Phi) is 27.9. The Morgan fingerprint density at radius 2 is 1.75 bits per heavy atom. The van der Waals surface area contributed by atoms with Crippen molar-refractivity contribution < 1.29 is 14.7 Å². The molecule has 1 aliphatic rings. The molecule has 1 fully saturated rings. The van der Waals surface area contributed by atoms with Crippen LogP contribution in [0.2, 0.25) is 0 Å². The Balaban J connectivity index is 0. The summed E-state index contributed by atoms with van der Waals surface area (Å²) in [4.78, 5) is 26.4. The van der Waals surface area contributed by atoms with E-state index >= 15 is 0 Å². The van der Waals surface area contributed by atoms with E-state index in [0.717, 1.165) is 54.7 Å². The third kappa shape index (κ3) is 19.1. The molecule has 44 heavy (non-hydrogen) atoms. The van der Waals surface area contributed by atoms with Crippen LogP contribution in [-0.4, -0.2) is 42.0 Å². The number of aliphatic hydroxyl groups excluding tert-OH is 1. The van der Waals surface area contributed by atoms with Crippen molar-refractivity contribution in [3.8, 4) is 11.2 Å². The van der Waals surface area contributed by atoms with E-state index in [0.29, 0.717) is 13.0 Å². The number of benzene rings is 1. The lowest BCUT2D eigenvalue weighted by molar-refractivity contribution is -0.129. The summed E-state index contributed by atoms with van der Waals surface area (Å²) in [7, 11) is 0. The van der Waals surface area contributed by atoms with Gasteiger partial charge in [0.25, 0.3) is 0 Å². The molecule has 1 heterocycles. The van der Waals surface area contributed by atoms with Gasteiger partial charge < -0.3 is 15.3 Å². The van der Waals surface area contributed by atoms with E-state index in [1.165, 1.54) is 22.5 Å². The average Bonchev–Trinajstić information content (AvgIpc) is 3.50. The molecule has 0 spiro atoms. The lowest BCUT2D eigenvalue weighted by Crippen LogP contribution is -2.28. The predicted molar refractivity (Wildman–Crippen MR) is 197 cm³/mol. The molecule has 1 saturated heterocycles. The van der Waals surface area contributed by atoms with E-state index in [-0.39, 0.29) is 24.5 Å². The molecule has 0 aliphatic carbocycles. The van der Waals surface area contributed by atoms with Gasteiger partial charge in [0.2, 0.25) is 12.3 Å². The molecule has 0 bridgehead atoms. The number of nitrogens with zero attached hydrogens (tertiary/aromatic N) is 1. The maximum atomic E-state index is 12.0. The molecule has 1 aliphatic heterocycles. The second-order valence-corrected chi connectivity index (χ2v) is 11.9. The number of allylic oxidation sites excluding steroid dienone is 4. The van der Waals surface area contributed by atoms with Crippen LogP contribution in [0.1, 0.15) is 125 Å². The lowest BCUT2D eigenvalue weighted by atomic mass is 10.0. The third-order valence-electron chi connectivity index (χ3n) is 6.26. The Morgan fingerprint density at radius 1 is 1.14 bits per heavy atom. The van der Waals surface area contributed by atoms with Gasteiger partial charge in [0, 0.05) is 36.9 Å². The minimum Gasteiger partial charge on any atom is -0.396 e. The van der Waals surface area contributed by atoms with Crippen molar-refractivity contribution in [1.29, 1.82) is 0 Å². The normalized spacial score (nSPS) is 14.6. The first kappa shape index (κ1) is 43.7. The zero-order valence-corrected chi connectivity index (χ0v) is 30.8. The first-order valence-electron chi connectivity index (χ1n) is 16.2. The SMILES string of the molecule is CC.CC/C=C(C)/C=C(\S)CC(=O)N1CCC(CO)C1.CCC.CCC#CSC(=C(C)C)c1ccc(C(CC)NC=O)cc1. The zero-order valence-electron chi connectivity index (χ0n) is 29.1. The molecular weight excluding hydrogens is 585 g/mol. The number of thiol groups is 1. The number of carbonyl (C=O) groups excluding carboxylic acids is 2. The molecular formula is C37H60N2O3S2. The summed E-state index contributed by atoms with van der Waals surface area (Å²) in [5.74, 6) is 3.45. The van der Waals surface area contributed by atoms with Gasteiger partial charge in [-0.25, -0.2) is 0 Å². The molecule has 1 aromatic carbocycles. The Hall–Kier alpha value is -2.40. The highest BCUT2D eigenvalue weighted by molar-refractivity contribution is 8.12. The van der Waals surface area contributed by atoms with Crippen molar-refractivity contribution in [3.63, 3.8) is 0 Å². The van der Waals surface area contributed by atoms with Gasteiger partial charge in [-0.3, -0.25) is 9.59 Å². The van der Waals surface area contributed by atoms with Crippen molar-refractivity contribution in [2.45, 2.75) is 114 Å². The van der Waals surface area contributed by atoms with Crippen molar-refractivity contribution >= 4 is 41.6 Å². The maximum absolute atomic E-state index is 12.0. The number of rotatable bonds is 11. The van der Waals surface area contributed by atoms with Crippen molar-refractivity contribution in [1.82, 2.24) is 10.2 Å². The average molecular weight is 645 g/mol. The molecule has 1 aromatic rings. The van der Waals surface area contributed by atoms with E-state index in [9.17, 15) is 9.59 Å². The van der Waals surface area contributed by atoms with Crippen LogP contribution >= 0.6 is 24.4 Å². The van der Waals surface area contributed by atoms with Crippen LogP contribution in [0.3, 0.4) is 0 Å². The van der Waals surface area contributed by atoms with Crippen LogP contribution in [0.15, 0.2) is 52.5 Å².